The number of rotatable bonds is 8. The summed E-state index contributed by atoms with van der Waals surface area (Å²) in [4.78, 5) is 23.4. The van der Waals surface area contributed by atoms with E-state index in [2.05, 4.69) is 44.6 Å². The molecule has 1 N–H and O–H groups in total. The van der Waals surface area contributed by atoms with Gasteiger partial charge < -0.3 is 9.84 Å². The second-order valence-corrected chi connectivity index (χ2v) is 9.63. The number of ether oxygens (including phenoxy) is 1. The predicted molar refractivity (Wildman–Crippen MR) is 136 cm³/mol. The maximum absolute atomic E-state index is 13.2. The molecule has 4 heterocycles. The van der Waals surface area contributed by atoms with Crippen molar-refractivity contribution >= 4 is 17.0 Å². The van der Waals surface area contributed by atoms with Gasteiger partial charge in [-0.15, -0.1) is 21.5 Å². The van der Waals surface area contributed by atoms with E-state index in [1.807, 2.05) is 30.3 Å². The van der Waals surface area contributed by atoms with Gasteiger partial charge in [-0.2, -0.15) is 9.78 Å². The Balaban J connectivity index is 1.36. The number of methoxy groups -OCH3 is 1. The summed E-state index contributed by atoms with van der Waals surface area (Å²) in [6, 6.07) is 11.1. The Kier molecular flexibility index (Phi) is 6.47. The van der Waals surface area contributed by atoms with E-state index in [0.29, 0.717) is 18.1 Å². The second-order valence-electron chi connectivity index (χ2n) is 8.69. The van der Waals surface area contributed by atoms with Crippen molar-refractivity contribution in [3.05, 3.63) is 80.2 Å². The van der Waals surface area contributed by atoms with Crippen LogP contribution in [0.15, 0.2) is 52.8 Å². The number of aryl methyl sites for hydroxylation is 2. The fourth-order valence-electron chi connectivity index (χ4n) is 3.78. The molecule has 5 aromatic rings. The average molecular weight is 504 g/mol. The molecule has 0 aliphatic rings. The lowest BCUT2D eigenvalue weighted by Crippen LogP contribution is -2.18. The number of benzene rings is 1. The monoisotopic (exact) mass is 503 g/mol. The molecular formula is C25H25N7O3S. The van der Waals surface area contributed by atoms with Crippen molar-refractivity contribution in [3.8, 4) is 23.0 Å². The van der Waals surface area contributed by atoms with E-state index < -0.39 is 11.4 Å². The van der Waals surface area contributed by atoms with Gasteiger partial charge in [-0.25, -0.2) is 4.98 Å². The summed E-state index contributed by atoms with van der Waals surface area (Å²) in [5.74, 6) is 0.740. The summed E-state index contributed by atoms with van der Waals surface area (Å²) in [5.41, 5.74) is 2.84. The van der Waals surface area contributed by atoms with E-state index >= 15 is 0 Å². The lowest BCUT2D eigenvalue weighted by atomic mass is 10.1. The molecule has 11 heteroatoms. The third-order valence-corrected chi connectivity index (χ3v) is 6.75. The minimum absolute atomic E-state index is 0.0155. The third-order valence-electron chi connectivity index (χ3n) is 5.82. The maximum atomic E-state index is 13.2. The predicted octanol–water partition coefficient (Wildman–Crippen LogP) is 3.48. The molecule has 184 valence electrons. The van der Waals surface area contributed by atoms with Crippen LogP contribution in [0.25, 0.3) is 17.0 Å². The maximum Gasteiger partial charge on any atom is 0.273 e. The number of fused-ring (bicyclic) bond motifs is 1. The van der Waals surface area contributed by atoms with E-state index in [9.17, 15) is 9.90 Å². The van der Waals surface area contributed by atoms with Gasteiger partial charge in [-0.05, 0) is 52.9 Å². The summed E-state index contributed by atoms with van der Waals surface area (Å²) >= 11 is 1.66. The van der Waals surface area contributed by atoms with E-state index in [0.717, 1.165) is 40.4 Å². The van der Waals surface area contributed by atoms with Crippen LogP contribution in [0.5, 0.6) is 11.6 Å². The fourth-order valence-corrected chi connectivity index (χ4v) is 4.74. The van der Waals surface area contributed by atoms with Gasteiger partial charge in [0.1, 0.15) is 11.4 Å². The van der Waals surface area contributed by atoms with Crippen molar-refractivity contribution in [1.82, 2.24) is 34.6 Å². The van der Waals surface area contributed by atoms with Crippen LogP contribution in [-0.4, -0.2) is 46.8 Å². The van der Waals surface area contributed by atoms with Gasteiger partial charge in [-0.1, -0.05) is 26.0 Å². The standard InChI is InChI=1S/C25H25N7O3S/c1-15(2)19-14-36-21(26-19)9-6-16-10-11-31-20(12-16)27-24(33)22(25(31)34)23-28-30-32(29-23)13-17-4-7-18(35-3)8-5-17/h4-5,7-8,10-12,14-15,33H,6,9,13H2,1-3H3. The van der Waals surface area contributed by atoms with Crippen LogP contribution in [0, 0.1) is 0 Å². The zero-order valence-electron chi connectivity index (χ0n) is 20.1. The van der Waals surface area contributed by atoms with Crippen molar-refractivity contribution in [2.45, 2.75) is 39.2 Å². The molecule has 0 aliphatic carbocycles. The zero-order valence-corrected chi connectivity index (χ0v) is 20.9. The quantitative estimate of drug-likeness (QED) is 0.342. The molecular weight excluding hydrogens is 478 g/mol. The molecule has 0 saturated carbocycles. The molecule has 4 aromatic heterocycles. The molecule has 0 unspecified atom stereocenters. The van der Waals surface area contributed by atoms with Crippen LogP contribution in [0.4, 0.5) is 0 Å². The van der Waals surface area contributed by atoms with Gasteiger partial charge >= 0.3 is 0 Å². The number of aromatic nitrogens is 7. The summed E-state index contributed by atoms with van der Waals surface area (Å²) < 4.78 is 6.55. The Morgan fingerprint density at radius 1 is 1.08 bits per heavy atom. The molecule has 0 bridgehead atoms. The van der Waals surface area contributed by atoms with E-state index in [1.165, 1.54) is 9.20 Å². The average Bonchev–Trinajstić information content (AvgIpc) is 3.53. The summed E-state index contributed by atoms with van der Waals surface area (Å²) in [6.07, 6.45) is 3.20. The molecule has 0 radical (unpaired) electrons. The number of tetrazole rings is 1. The van der Waals surface area contributed by atoms with Gasteiger partial charge in [0, 0.05) is 18.0 Å². The zero-order chi connectivity index (χ0) is 25.2. The fraction of sp³-hybridized carbons (Fsp3) is 0.280. The second kappa shape index (κ2) is 9.86. The van der Waals surface area contributed by atoms with Gasteiger partial charge in [0.2, 0.25) is 11.7 Å². The Morgan fingerprint density at radius 2 is 1.89 bits per heavy atom. The lowest BCUT2D eigenvalue weighted by molar-refractivity contribution is 0.414. The van der Waals surface area contributed by atoms with Crippen LogP contribution in [0.2, 0.25) is 0 Å². The Bertz CT molecular complexity index is 1570. The molecule has 0 spiro atoms. The van der Waals surface area contributed by atoms with Crippen molar-refractivity contribution in [3.63, 3.8) is 0 Å². The van der Waals surface area contributed by atoms with Crippen molar-refractivity contribution in [2.24, 2.45) is 0 Å². The topological polar surface area (TPSA) is 120 Å². The minimum atomic E-state index is -0.463. The van der Waals surface area contributed by atoms with Gasteiger partial charge in [0.25, 0.3) is 5.56 Å². The number of pyridine rings is 1. The van der Waals surface area contributed by atoms with Crippen molar-refractivity contribution in [1.29, 1.82) is 0 Å². The first kappa shape index (κ1) is 23.6. The first-order chi connectivity index (χ1) is 17.4. The van der Waals surface area contributed by atoms with Gasteiger partial charge in [-0.3, -0.25) is 9.20 Å². The van der Waals surface area contributed by atoms with Gasteiger partial charge in [0.15, 0.2) is 5.56 Å². The summed E-state index contributed by atoms with van der Waals surface area (Å²) in [5, 5.41) is 26.1. The molecule has 5 rings (SSSR count). The smallest absolute Gasteiger partial charge is 0.273 e. The number of aromatic hydroxyl groups is 1. The minimum Gasteiger partial charge on any atom is -0.497 e. The largest absolute Gasteiger partial charge is 0.497 e. The highest BCUT2D eigenvalue weighted by atomic mass is 32.1. The lowest BCUT2D eigenvalue weighted by Gasteiger charge is -2.06. The molecule has 36 heavy (non-hydrogen) atoms. The Hall–Kier alpha value is -4.12. The normalized spacial score (nSPS) is 11.4. The molecule has 0 amide bonds. The summed E-state index contributed by atoms with van der Waals surface area (Å²) in [6.45, 7) is 4.60. The van der Waals surface area contributed by atoms with Crippen LogP contribution in [0.1, 0.15) is 41.6 Å². The highest BCUT2D eigenvalue weighted by Gasteiger charge is 2.19. The van der Waals surface area contributed by atoms with E-state index in [4.69, 9.17) is 4.74 Å². The van der Waals surface area contributed by atoms with Crippen LogP contribution < -0.4 is 10.3 Å². The van der Waals surface area contributed by atoms with Crippen molar-refractivity contribution < 1.29 is 9.84 Å². The van der Waals surface area contributed by atoms with Crippen molar-refractivity contribution in [2.75, 3.05) is 7.11 Å². The first-order valence-corrected chi connectivity index (χ1v) is 12.4. The van der Waals surface area contributed by atoms with E-state index in [-0.39, 0.29) is 11.4 Å². The van der Waals surface area contributed by atoms with E-state index in [1.54, 1.807) is 30.7 Å². The highest BCUT2D eigenvalue weighted by Crippen LogP contribution is 2.22. The SMILES string of the molecule is COc1ccc(Cn2nnc(-c3c(O)nc4cc(CCc5nc(C(C)C)cs5)ccn4c3=O)n2)cc1. The third kappa shape index (κ3) is 4.82. The Labute approximate surface area is 210 Å². The summed E-state index contributed by atoms with van der Waals surface area (Å²) in [7, 11) is 1.61. The highest BCUT2D eigenvalue weighted by molar-refractivity contribution is 7.09. The number of hydrogen-bond donors (Lipinski definition) is 1. The molecule has 1 aromatic carbocycles. The van der Waals surface area contributed by atoms with Gasteiger partial charge in [0.05, 0.1) is 24.4 Å². The number of nitrogens with zero attached hydrogens (tertiary/aromatic N) is 7. The Morgan fingerprint density at radius 3 is 2.61 bits per heavy atom. The molecule has 0 saturated heterocycles. The van der Waals surface area contributed by atoms with Crippen LogP contribution in [0.3, 0.4) is 0 Å². The number of thiazole rings is 1. The first-order valence-electron chi connectivity index (χ1n) is 11.5. The van der Waals surface area contributed by atoms with Crippen LogP contribution in [-0.2, 0) is 19.4 Å². The number of hydrogen-bond acceptors (Lipinski definition) is 9. The molecule has 0 aliphatic heterocycles. The molecule has 0 fully saturated rings. The molecule has 0 atom stereocenters. The molecule has 10 nitrogen and oxygen atoms in total. The van der Waals surface area contributed by atoms with Crippen LogP contribution >= 0.6 is 11.3 Å².